The number of nitrogens with zero attached hydrogens (tertiary/aromatic N) is 2. The number of carbonyl (C=O) groups is 3. The highest BCUT2D eigenvalue weighted by atomic mass is 16.5. The molecule has 1 atom stereocenters. The van der Waals surface area contributed by atoms with Gasteiger partial charge in [0.05, 0.1) is 12.5 Å². The molecule has 27 heavy (non-hydrogen) atoms. The number of hydrogen-bond donors (Lipinski definition) is 2. The molecule has 1 unspecified atom stereocenters. The van der Waals surface area contributed by atoms with E-state index >= 15 is 0 Å². The number of para-hydroxylation sites is 1. The second-order valence-electron chi connectivity index (χ2n) is 6.15. The molecule has 1 aromatic carbocycles. The van der Waals surface area contributed by atoms with Crippen LogP contribution in [0, 0.1) is 11.3 Å². The van der Waals surface area contributed by atoms with Crippen molar-refractivity contribution in [3.05, 3.63) is 36.0 Å². The van der Waals surface area contributed by atoms with Gasteiger partial charge < -0.3 is 19.9 Å². The van der Waals surface area contributed by atoms with Crippen LogP contribution >= 0.6 is 0 Å². The molecule has 0 aliphatic rings. The zero-order valence-corrected chi connectivity index (χ0v) is 15.3. The minimum absolute atomic E-state index is 0.200. The number of aromatic nitrogens is 1. The number of rotatable bonds is 8. The summed E-state index contributed by atoms with van der Waals surface area (Å²) in [6.45, 7) is 1.14. The molecule has 8 heteroatoms. The molecule has 0 radical (unpaired) electrons. The molecule has 2 amide bonds. The Morgan fingerprint density at radius 1 is 1.33 bits per heavy atom. The monoisotopic (exact) mass is 370 g/mol. The van der Waals surface area contributed by atoms with E-state index in [1.807, 2.05) is 30.3 Å². The van der Waals surface area contributed by atoms with Crippen LogP contribution in [0.1, 0.15) is 18.9 Å². The number of nitrogens with one attached hydrogen (secondary N) is 2. The average Bonchev–Trinajstić information content (AvgIpc) is 3.06. The van der Waals surface area contributed by atoms with Crippen LogP contribution in [0.15, 0.2) is 30.5 Å². The van der Waals surface area contributed by atoms with Crippen LogP contribution in [0.2, 0.25) is 0 Å². The Morgan fingerprint density at radius 2 is 2.07 bits per heavy atom. The Hall–Kier alpha value is -3.34. The van der Waals surface area contributed by atoms with Crippen molar-refractivity contribution in [1.29, 1.82) is 5.26 Å². The van der Waals surface area contributed by atoms with Crippen molar-refractivity contribution in [3.8, 4) is 6.07 Å². The molecule has 0 saturated heterocycles. The highest BCUT2D eigenvalue weighted by Gasteiger charge is 2.24. The summed E-state index contributed by atoms with van der Waals surface area (Å²) in [5, 5.41) is 12.1. The summed E-state index contributed by atoms with van der Waals surface area (Å²) in [5.41, 5.74) is 1.79. The lowest BCUT2D eigenvalue weighted by atomic mass is 10.0. The molecule has 0 fully saturated rings. The standard InChI is InChI=1S/C19H22N4O4/c1-13(24)22-17(10-14-11-21-16-7-4-3-6-15(14)16)19(26)27-12-18(25)23(2)9-5-8-20/h3-4,6-7,11,17,21H,5,9-10,12H2,1-2H3,(H,22,24). The summed E-state index contributed by atoms with van der Waals surface area (Å²) < 4.78 is 5.09. The van der Waals surface area contributed by atoms with E-state index in [1.165, 1.54) is 18.9 Å². The first-order chi connectivity index (χ1) is 12.9. The number of aromatic amines is 1. The third-order valence-electron chi connectivity index (χ3n) is 4.08. The maximum Gasteiger partial charge on any atom is 0.329 e. The van der Waals surface area contributed by atoms with Crippen molar-refractivity contribution in [2.24, 2.45) is 0 Å². The largest absolute Gasteiger partial charge is 0.454 e. The van der Waals surface area contributed by atoms with Gasteiger partial charge in [-0.15, -0.1) is 0 Å². The number of ether oxygens (including phenoxy) is 1. The second-order valence-corrected chi connectivity index (χ2v) is 6.15. The average molecular weight is 370 g/mol. The quantitative estimate of drug-likeness (QED) is 0.676. The summed E-state index contributed by atoms with van der Waals surface area (Å²) in [5.74, 6) is -1.46. The number of nitriles is 1. The molecule has 1 aromatic heterocycles. The fourth-order valence-electron chi connectivity index (χ4n) is 2.65. The van der Waals surface area contributed by atoms with Gasteiger partial charge in [0.1, 0.15) is 6.04 Å². The minimum Gasteiger partial charge on any atom is -0.454 e. The van der Waals surface area contributed by atoms with E-state index in [0.717, 1.165) is 16.5 Å². The zero-order chi connectivity index (χ0) is 19.8. The van der Waals surface area contributed by atoms with Gasteiger partial charge in [-0.05, 0) is 11.6 Å². The van der Waals surface area contributed by atoms with E-state index in [4.69, 9.17) is 10.00 Å². The van der Waals surface area contributed by atoms with Crippen molar-refractivity contribution in [2.45, 2.75) is 25.8 Å². The first kappa shape index (κ1) is 20.0. The normalized spacial score (nSPS) is 11.4. The predicted octanol–water partition coefficient (Wildman–Crippen LogP) is 1.13. The third-order valence-corrected chi connectivity index (χ3v) is 4.08. The van der Waals surface area contributed by atoms with Crippen molar-refractivity contribution >= 4 is 28.7 Å². The summed E-state index contributed by atoms with van der Waals surface area (Å²) in [6, 6.07) is 8.67. The fourth-order valence-corrected chi connectivity index (χ4v) is 2.65. The lowest BCUT2D eigenvalue weighted by Crippen LogP contribution is -2.43. The van der Waals surface area contributed by atoms with Gasteiger partial charge in [0.2, 0.25) is 5.91 Å². The van der Waals surface area contributed by atoms with Gasteiger partial charge in [0.15, 0.2) is 6.61 Å². The Kier molecular flexibility index (Phi) is 6.94. The van der Waals surface area contributed by atoms with Crippen LogP contribution in [-0.2, 0) is 25.5 Å². The molecular formula is C19H22N4O4. The van der Waals surface area contributed by atoms with Crippen LogP contribution in [0.3, 0.4) is 0 Å². The second kappa shape index (κ2) is 9.38. The van der Waals surface area contributed by atoms with Crippen LogP contribution in [-0.4, -0.2) is 53.9 Å². The SMILES string of the molecule is CC(=O)NC(Cc1c[nH]c2ccccc12)C(=O)OCC(=O)N(C)CCC#N. The molecule has 0 spiro atoms. The minimum atomic E-state index is -0.904. The first-order valence-electron chi connectivity index (χ1n) is 8.52. The van der Waals surface area contributed by atoms with E-state index in [1.54, 1.807) is 6.20 Å². The van der Waals surface area contributed by atoms with Gasteiger partial charge in [-0.1, -0.05) is 18.2 Å². The number of amides is 2. The molecule has 0 bridgehead atoms. The number of carbonyl (C=O) groups excluding carboxylic acids is 3. The van der Waals surface area contributed by atoms with E-state index in [9.17, 15) is 14.4 Å². The predicted molar refractivity (Wildman–Crippen MR) is 98.4 cm³/mol. The summed E-state index contributed by atoms with van der Waals surface area (Å²) in [6.07, 6.45) is 2.22. The molecule has 1 heterocycles. The molecule has 0 aliphatic heterocycles. The van der Waals surface area contributed by atoms with Crippen molar-refractivity contribution in [2.75, 3.05) is 20.2 Å². The molecular weight excluding hydrogens is 348 g/mol. The van der Waals surface area contributed by atoms with Gasteiger partial charge in [0.25, 0.3) is 5.91 Å². The maximum absolute atomic E-state index is 12.4. The Bertz CT molecular complexity index is 868. The number of esters is 1. The fraction of sp³-hybridized carbons (Fsp3) is 0.368. The van der Waals surface area contributed by atoms with Crippen molar-refractivity contribution < 1.29 is 19.1 Å². The van der Waals surface area contributed by atoms with E-state index < -0.39 is 24.5 Å². The van der Waals surface area contributed by atoms with Gasteiger partial charge in [-0.2, -0.15) is 5.26 Å². The Balaban J connectivity index is 2.02. The third kappa shape index (κ3) is 5.57. The number of benzene rings is 1. The van der Waals surface area contributed by atoms with E-state index in [2.05, 4.69) is 10.3 Å². The molecule has 0 aliphatic carbocycles. The van der Waals surface area contributed by atoms with Crippen molar-refractivity contribution in [3.63, 3.8) is 0 Å². The summed E-state index contributed by atoms with van der Waals surface area (Å²) in [7, 11) is 1.53. The highest BCUT2D eigenvalue weighted by molar-refractivity contribution is 5.88. The number of fused-ring (bicyclic) bond motifs is 1. The Labute approximate surface area is 157 Å². The molecule has 142 valence electrons. The van der Waals surface area contributed by atoms with Gasteiger partial charge in [-0.3, -0.25) is 9.59 Å². The molecule has 8 nitrogen and oxygen atoms in total. The number of hydrogen-bond acceptors (Lipinski definition) is 5. The van der Waals surface area contributed by atoms with Crippen molar-refractivity contribution in [1.82, 2.24) is 15.2 Å². The molecule has 2 rings (SSSR count). The zero-order valence-electron chi connectivity index (χ0n) is 15.3. The van der Waals surface area contributed by atoms with Crippen LogP contribution in [0.4, 0.5) is 0 Å². The van der Waals surface area contributed by atoms with Gasteiger partial charge in [0, 0.05) is 44.0 Å². The summed E-state index contributed by atoms with van der Waals surface area (Å²) in [4.78, 5) is 40.3. The topological polar surface area (TPSA) is 115 Å². The van der Waals surface area contributed by atoms with Crippen LogP contribution in [0.25, 0.3) is 10.9 Å². The molecule has 0 saturated carbocycles. The lowest BCUT2D eigenvalue weighted by Gasteiger charge is -2.19. The summed E-state index contributed by atoms with van der Waals surface area (Å²) >= 11 is 0. The van der Waals surface area contributed by atoms with Gasteiger partial charge in [-0.25, -0.2) is 4.79 Å². The lowest BCUT2D eigenvalue weighted by molar-refractivity contribution is -0.154. The van der Waals surface area contributed by atoms with E-state index in [0.29, 0.717) is 0 Å². The molecule has 2 N–H and O–H groups in total. The van der Waals surface area contributed by atoms with Crippen LogP contribution < -0.4 is 5.32 Å². The smallest absolute Gasteiger partial charge is 0.329 e. The number of likely N-dealkylation sites (N-methyl/N-ethyl adjacent to an activating group) is 1. The van der Waals surface area contributed by atoms with Gasteiger partial charge >= 0.3 is 5.97 Å². The van der Waals surface area contributed by atoms with E-state index in [-0.39, 0.29) is 25.3 Å². The Morgan fingerprint density at radius 3 is 2.78 bits per heavy atom. The maximum atomic E-state index is 12.4. The van der Waals surface area contributed by atoms with Crippen LogP contribution in [0.5, 0.6) is 0 Å². The molecule has 2 aromatic rings. The number of H-pyrrole nitrogens is 1. The first-order valence-corrected chi connectivity index (χ1v) is 8.52. The highest BCUT2D eigenvalue weighted by Crippen LogP contribution is 2.19.